The molecule has 0 aliphatic carbocycles. The second-order valence-corrected chi connectivity index (χ2v) is 9.99. The monoisotopic (exact) mass is 443 g/mol. The van der Waals surface area contributed by atoms with E-state index in [-0.39, 0.29) is 10.8 Å². The molecule has 4 rings (SSSR count). The van der Waals surface area contributed by atoms with Crippen LogP contribution < -0.4 is 0 Å². The van der Waals surface area contributed by atoms with E-state index in [1.54, 1.807) is 23.1 Å². The van der Waals surface area contributed by atoms with E-state index in [2.05, 4.69) is 17.0 Å². The van der Waals surface area contributed by atoms with E-state index in [1.165, 1.54) is 9.87 Å². The van der Waals surface area contributed by atoms with Crippen LogP contribution in [0.4, 0.5) is 0 Å². The Balaban J connectivity index is 1.45. The molecule has 166 valence electrons. The number of piperazine rings is 1. The van der Waals surface area contributed by atoms with Crippen LogP contribution in [0.15, 0.2) is 53.4 Å². The van der Waals surface area contributed by atoms with Gasteiger partial charge in [0.1, 0.15) is 0 Å². The van der Waals surface area contributed by atoms with Crippen LogP contribution in [0.25, 0.3) is 0 Å². The lowest BCUT2D eigenvalue weighted by molar-refractivity contribution is 0.0302. The van der Waals surface area contributed by atoms with Gasteiger partial charge in [0.2, 0.25) is 10.0 Å². The molecule has 0 saturated carbocycles. The van der Waals surface area contributed by atoms with Crippen molar-refractivity contribution in [2.24, 2.45) is 0 Å². The first-order chi connectivity index (χ1) is 14.9. The first kappa shape index (κ1) is 22.0. The highest BCUT2D eigenvalue weighted by Gasteiger charge is 2.30. The van der Waals surface area contributed by atoms with Gasteiger partial charge in [0.05, 0.1) is 18.1 Å². The van der Waals surface area contributed by atoms with Gasteiger partial charge in [-0.3, -0.25) is 9.69 Å². The number of carbonyl (C=O) groups is 1. The molecule has 0 unspecified atom stereocenters. The Morgan fingerprint density at radius 1 is 0.935 bits per heavy atom. The highest BCUT2D eigenvalue weighted by molar-refractivity contribution is 7.89. The molecule has 8 heteroatoms. The number of aryl methyl sites for hydroxylation is 1. The van der Waals surface area contributed by atoms with Gasteiger partial charge in [-0.2, -0.15) is 4.31 Å². The minimum atomic E-state index is -3.65. The van der Waals surface area contributed by atoms with Crippen LogP contribution in [0.1, 0.15) is 21.5 Å². The van der Waals surface area contributed by atoms with E-state index < -0.39 is 10.0 Å². The van der Waals surface area contributed by atoms with Crippen molar-refractivity contribution < 1.29 is 17.9 Å². The topological polar surface area (TPSA) is 70.2 Å². The third-order valence-corrected chi connectivity index (χ3v) is 7.85. The summed E-state index contributed by atoms with van der Waals surface area (Å²) in [5.41, 5.74) is 2.46. The summed E-state index contributed by atoms with van der Waals surface area (Å²) in [5.74, 6) is -0.134. The summed E-state index contributed by atoms with van der Waals surface area (Å²) in [6, 6.07) is 15.1. The predicted molar refractivity (Wildman–Crippen MR) is 118 cm³/mol. The Kier molecular flexibility index (Phi) is 6.71. The van der Waals surface area contributed by atoms with E-state index in [4.69, 9.17) is 4.74 Å². The van der Waals surface area contributed by atoms with Crippen LogP contribution >= 0.6 is 0 Å². The maximum absolute atomic E-state index is 13.3. The number of carbonyl (C=O) groups excluding carboxylic acids is 1. The maximum Gasteiger partial charge on any atom is 0.254 e. The lowest BCUT2D eigenvalue weighted by Crippen LogP contribution is -2.48. The van der Waals surface area contributed by atoms with Crippen molar-refractivity contribution in [1.82, 2.24) is 14.1 Å². The van der Waals surface area contributed by atoms with Gasteiger partial charge in [0, 0.05) is 51.4 Å². The third-order valence-electron chi connectivity index (χ3n) is 5.96. The van der Waals surface area contributed by atoms with Gasteiger partial charge < -0.3 is 9.64 Å². The molecule has 0 N–H and O–H groups in total. The van der Waals surface area contributed by atoms with Crippen molar-refractivity contribution >= 4 is 15.9 Å². The van der Waals surface area contributed by atoms with Gasteiger partial charge in [-0.1, -0.05) is 36.4 Å². The largest absolute Gasteiger partial charge is 0.378 e. The smallest absolute Gasteiger partial charge is 0.254 e. The van der Waals surface area contributed by atoms with Crippen molar-refractivity contribution in [1.29, 1.82) is 0 Å². The van der Waals surface area contributed by atoms with Gasteiger partial charge >= 0.3 is 0 Å². The van der Waals surface area contributed by atoms with Crippen LogP contribution in [0.2, 0.25) is 0 Å². The van der Waals surface area contributed by atoms with Crippen LogP contribution in [0, 0.1) is 6.92 Å². The molecule has 2 aromatic carbocycles. The van der Waals surface area contributed by atoms with E-state index in [0.717, 1.165) is 12.1 Å². The standard InChI is InChI=1S/C23H29N3O4S/c1-19-7-8-21(17-22(19)23(27)25-13-15-30-16-14-25)31(28,29)26-11-9-24(10-12-26)18-20-5-3-2-4-6-20/h2-8,17H,9-16,18H2,1H3. The Morgan fingerprint density at radius 2 is 1.61 bits per heavy atom. The summed E-state index contributed by atoms with van der Waals surface area (Å²) in [6.45, 7) is 6.97. The molecule has 2 heterocycles. The summed E-state index contributed by atoms with van der Waals surface area (Å²) < 4.78 is 33.4. The molecular weight excluding hydrogens is 414 g/mol. The summed E-state index contributed by atoms with van der Waals surface area (Å²) in [7, 11) is -3.65. The van der Waals surface area contributed by atoms with E-state index in [9.17, 15) is 13.2 Å². The van der Waals surface area contributed by atoms with E-state index >= 15 is 0 Å². The van der Waals surface area contributed by atoms with Crippen molar-refractivity contribution in [2.45, 2.75) is 18.4 Å². The fourth-order valence-corrected chi connectivity index (χ4v) is 5.50. The van der Waals surface area contributed by atoms with Crippen LogP contribution in [-0.2, 0) is 21.3 Å². The number of ether oxygens (including phenoxy) is 1. The minimum Gasteiger partial charge on any atom is -0.378 e. The van der Waals surface area contributed by atoms with Crippen molar-refractivity contribution in [2.75, 3.05) is 52.5 Å². The number of hydrogen-bond donors (Lipinski definition) is 0. The Hall–Kier alpha value is -2.26. The van der Waals surface area contributed by atoms with E-state index in [0.29, 0.717) is 58.0 Å². The normalized spacial score (nSPS) is 18.8. The fourth-order valence-electron chi connectivity index (χ4n) is 4.05. The van der Waals surface area contributed by atoms with Crippen molar-refractivity contribution in [3.05, 3.63) is 65.2 Å². The van der Waals surface area contributed by atoms with Gasteiger partial charge in [-0.05, 0) is 30.2 Å². The zero-order valence-electron chi connectivity index (χ0n) is 17.9. The molecule has 1 amide bonds. The number of morpholine rings is 1. The second kappa shape index (κ2) is 9.48. The molecule has 2 aromatic rings. The average molecular weight is 444 g/mol. The fraction of sp³-hybridized carbons (Fsp3) is 0.435. The molecule has 2 saturated heterocycles. The van der Waals surface area contributed by atoms with Crippen molar-refractivity contribution in [3.8, 4) is 0 Å². The molecule has 2 fully saturated rings. The molecule has 2 aliphatic rings. The van der Waals surface area contributed by atoms with Crippen molar-refractivity contribution in [3.63, 3.8) is 0 Å². The quantitative estimate of drug-likeness (QED) is 0.707. The first-order valence-electron chi connectivity index (χ1n) is 10.7. The van der Waals surface area contributed by atoms with Gasteiger partial charge in [-0.25, -0.2) is 8.42 Å². The number of nitrogens with zero attached hydrogens (tertiary/aromatic N) is 3. The van der Waals surface area contributed by atoms with Gasteiger partial charge in [-0.15, -0.1) is 0 Å². The summed E-state index contributed by atoms with van der Waals surface area (Å²) in [4.78, 5) is 17.1. The predicted octanol–water partition coefficient (Wildman–Crippen LogP) is 1.97. The molecule has 0 spiro atoms. The van der Waals surface area contributed by atoms with Crippen LogP contribution in [-0.4, -0.2) is 80.9 Å². The van der Waals surface area contributed by atoms with E-state index in [1.807, 2.05) is 25.1 Å². The SMILES string of the molecule is Cc1ccc(S(=O)(=O)N2CCN(Cc3ccccc3)CC2)cc1C(=O)N1CCOCC1. The molecular formula is C23H29N3O4S. The Bertz CT molecular complexity index is 1010. The number of amides is 1. The molecule has 0 aromatic heterocycles. The zero-order chi connectivity index (χ0) is 21.8. The molecule has 2 aliphatic heterocycles. The number of hydrogen-bond acceptors (Lipinski definition) is 5. The molecule has 0 atom stereocenters. The molecule has 0 radical (unpaired) electrons. The number of sulfonamides is 1. The average Bonchev–Trinajstić information content (AvgIpc) is 2.80. The highest BCUT2D eigenvalue weighted by Crippen LogP contribution is 2.23. The lowest BCUT2D eigenvalue weighted by Gasteiger charge is -2.34. The summed E-state index contributed by atoms with van der Waals surface area (Å²) in [6.07, 6.45) is 0. The first-order valence-corrected chi connectivity index (χ1v) is 12.1. The Labute approximate surface area is 184 Å². The van der Waals surface area contributed by atoms with Crippen LogP contribution in [0.5, 0.6) is 0 Å². The van der Waals surface area contributed by atoms with Gasteiger partial charge in [0.25, 0.3) is 5.91 Å². The zero-order valence-corrected chi connectivity index (χ0v) is 18.7. The highest BCUT2D eigenvalue weighted by atomic mass is 32.2. The maximum atomic E-state index is 13.3. The number of benzene rings is 2. The Morgan fingerprint density at radius 3 is 2.29 bits per heavy atom. The number of rotatable bonds is 5. The molecule has 0 bridgehead atoms. The summed E-state index contributed by atoms with van der Waals surface area (Å²) >= 11 is 0. The molecule has 7 nitrogen and oxygen atoms in total. The molecule has 31 heavy (non-hydrogen) atoms. The second-order valence-electron chi connectivity index (χ2n) is 8.05. The lowest BCUT2D eigenvalue weighted by atomic mass is 10.1. The summed E-state index contributed by atoms with van der Waals surface area (Å²) in [5, 5.41) is 0. The minimum absolute atomic E-state index is 0.134. The van der Waals surface area contributed by atoms with Crippen LogP contribution in [0.3, 0.4) is 0 Å². The van der Waals surface area contributed by atoms with Gasteiger partial charge in [0.15, 0.2) is 0 Å². The third kappa shape index (κ3) is 4.98.